The molecule has 0 aliphatic carbocycles. The molecule has 0 spiro atoms. The van der Waals surface area contributed by atoms with Crippen LogP contribution in [0.1, 0.15) is 42.5 Å². The van der Waals surface area contributed by atoms with Crippen LogP contribution in [0.15, 0.2) is 77.7 Å². The molecule has 0 aliphatic heterocycles. The van der Waals surface area contributed by atoms with E-state index in [0.29, 0.717) is 12.2 Å². The van der Waals surface area contributed by atoms with Gasteiger partial charge in [0.05, 0.1) is 10.6 Å². The Morgan fingerprint density at radius 3 is 2.05 bits per heavy atom. The summed E-state index contributed by atoms with van der Waals surface area (Å²) in [5, 5.41) is 2.85. The van der Waals surface area contributed by atoms with Crippen molar-refractivity contribution >= 4 is 27.5 Å². The minimum absolute atomic E-state index is 0.0957. The molecule has 7 nitrogen and oxygen atoms in total. The van der Waals surface area contributed by atoms with Gasteiger partial charge >= 0.3 is 0 Å². The van der Waals surface area contributed by atoms with E-state index in [9.17, 15) is 18.0 Å². The van der Waals surface area contributed by atoms with Crippen molar-refractivity contribution in [2.75, 3.05) is 17.4 Å². The summed E-state index contributed by atoms with van der Waals surface area (Å²) in [7, 11) is -4.08. The average Bonchev–Trinajstić information content (AvgIpc) is 2.88. The predicted octanol–water partition coefficient (Wildman–Crippen LogP) is 4.75. The molecule has 0 saturated heterocycles. The van der Waals surface area contributed by atoms with E-state index in [0.717, 1.165) is 33.0 Å². The Morgan fingerprint density at radius 2 is 1.47 bits per heavy atom. The van der Waals surface area contributed by atoms with Gasteiger partial charge in [-0.05, 0) is 75.1 Å². The fraction of sp³-hybridized carbons (Fsp3) is 0.333. The zero-order valence-electron chi connectivity index (χ0n) is 22.8. The maximum Gasteiger partial charge on any atom is 0.264 e. The van der Waals surface area contributed by atoms with Crippen molar-refractivity contribution in [3.8, 4) is 0 Å². The number of sulfonamides is 1. The van der Waals surface area contributed by atoms with Gasteiger partial charge in [-0.15, -0.1) is 0 Å². The molecule has 38 heavy (non-hydrogen) atoms. The Hall–Kier alpha value is -3.65. The van der Waals surface area contributed by atoms with Gasteiger partial charge in [0, 0.05) is 13.1 Å². The van der Waals surface area contributed by atoms with Gasteiger partial charge in [-0.2, -0.15) is 0 Å². The molecule has 0 saturated carbocycles. The number of hydrogen-bond acceptors (Lipinski definition) is 4. The molecule has 0 bridgehead atoms. The van der Waals surface area contributed by atoms with Crippen LogP contribution in [0.25, 0.3) is 0 Å². The molecule has 0 heterocycles. The van der Waals surface area contributed by atoms with E-state index in [1.165, 1.54) is 4.90 Å². The molecule has 0 fully saturated rings. The standard InChI is InChI=1S/C30H37N3O4S/c1-6-16-31-30(35)25(5)32(20-26-10-8-7-9-11-26)29(34)21-33(27-18-23(3)17-24(4)19-27)38(36,37)28-14-12-22(2)13-15-28/h7-15,17-19,25H,6,16,20-21H2,1-5H3,(H,31,35)/t25-/m1/s1. The smallest absolute Gasteiger partial charge is 0.264 e. The summed E-state index contributed by atoms with van der Waals surface area (Å²) < 4.78 is 29.0. The number of benzene rings is 3. The minimum atomic E-state index is -4.08. The number of rotatable bonds is 11. The Labute approximate surface area is 226 Å². The molecular formula is C30H37N3O4S. The maximum absolute atomic E-state index is 13.9. The first-order valence-corrected chi connectivity index (χ1v) is 14.3. The topological polar surface area (TPSA) is 86.8 Å². The Balaban J connectivity index is 2.04. The molecule has 0 unspecified atom stereocenters. The van der Waals surface area contributed by atoms with Gasteiger partial charge in [0.15, 0.2) is 0 Å². The summed E-state index contributed by atoms with van der Waals surface area (Å²) >= 11 is 0. The zero-order chi connectivity index (χ0) is 27.9. The normalized spacial score (nSPS) is 12.0. The number of carbonyl (C=O) groups excluding carboxylic acids is 2. The molecule has 0 aromatic heterocycles. The Bertz CT molecular complexity index is 1340. The van der Waals surface area contributed by atoms with Crippen molar-refractivity contribution < 1.29 is 18.0 Å². The van der Waals surface area contributed by atoms with Crippen LogP contribution in [0.3, 0.4) is 0 Å². The molecule has 0 radical (unpaired) electrons. The Kier molecular flexibility index (Phi) is 9.69. The van der Waals surface area contributed by atoms with Crippen molar-refractivity contribution in [2.45, 2.75) is 58.5 Å². The lowest BCUT2D eigenvalue weighted by Crippen LogP contribution is -2.51. The molecule has 8 heteroatoms. The van der Waals surface area contributed by atoms with Crippen molar-refractivity contribution in [1.82, 2.24) is 10.2 Å². The second-order valence-corrected chi connectivity index (χ2v) is 11.5. The average molecular weight is 536 g/mol. The van der Waals surface area contributed by atoms with E-state index in [1.54, 1.807) is 43.3 Å². The lowest BCUT2D eigenvalue weighted by atomic mass is 10.1. The third-order valence-corrected chi connectivity index (χ3v) is 8.08. The first-order valence-electron chi connectivity index (χ1n) is 12.8. The number of nitrogens with zero attached hydrogens (tertiary/aromatic N) is 2. The number of hydrogen-bond donors (Lipinski definition) is 1. The first-order chi connectivity index (χ1) is 18.0. The third kappa shape index (κ3) is 7.22. The highest BCUT2D eigenvalue weighted by atomic mass is 32.2. The second kappa shape index (κ2) is 12.7. The maximum atomic E-state index is 13.9. The van der Waals surface area contributed by atoms with Gasteiger partial charge in [-0.25, -0.2) is 8.42 Å². The molecule has 3 rings (SSSR count). The summed E-state index contributed by atoms with van der Waals surface area (Å²) in [4.78, 5) is 28.3. The van der Waals surface area contributed by atoms with E-state index >= 15 is 0 Å². The van der Waals surface area contributed by atoms with Crippen molar-refractivity contribution in [2.24, 2.45) is 0 Å². The molecule has 0 aliphatic rings. The highest BCUT2D eigenvalue weighted by Gasteiger charge is 2.32. The second-order valence-electron chi connectivity index (χ2n) is 9.64. The van der Waals surface area contributed by atoms with Crippen LogP contribution in [0.2, 0.25) is 0 Å². The minimum Gasteiger partial charge on any atom is -0.354 e. The summed E-state index contributed by atoms with van der Waals surface area (Å²) in [5.41, 5.74) is 3.93. The largest absolute Gasteiger partial charge is 0.354 e. The quantitative estimate of drug-likeness (QED) is 0.384. The number of carbonyl (C=O) groups is 2. The highest BCUT2D eigenvalue weighted by Crippen LogP contribution is 2.27. The molecule has 3 aromatic rings. The summed E-state index contributed by atoms with van der Waals surface area (Å²) in [6.07, 6.45) is 0.764. The molecular weight excluding hydrogens is 498 g/mol. The first kappa shape index (κ1) is 28.9. The van der Waals surface area contributed by atoms with E-state index in [2.05, 4.69) is 5.32 Å². The predicted molar refractivity (Wildman–Crippen MR) is 151 cm³/mol. The molecule has 2 amide bonds. The summed E-state index contributed by atoms with van der Waals surface area (Å²) in [6.45, 7) is 9.49. The van der Waals surface area contributed by atoms with Gasteiger partial charge in [0.25, 0.3) is 10.0 Å². The molecule has 202 valence electrons. The summed E-state index contributed by atoms with van der Waals surface area (Å²) in [5.74, 6) is -0.752. The van der Waals surface area contributed by atoms with Crippen molar-refractivity contribution in [3.63, 3.8) is 0 Å². The molecule has 3 aromatic carbocycles. The number of amides is 2. The lowest BCUT2D eigenvalue weighted by Gasteiger charge is -2.32. The third-order valence-electron chi connectivity index (χ3n) is 6.29. The molecule has 1 atom stereocenters. The summed E-state index contributed by atoms with van der Waals surface area (Å²) in [6, 6.07) is 20.6. The van der Waals surface area contributed by atoms with E-state index in [1.807, 2.05) is 64.1 Å². The number of anilines is 1. The van der Waals surface area contributed by atoms with Crippen molar-refractivity contribution in [3.05, 3.63) is 95.1 Å². The van der Waals surface area contributed by atoms with Crippen LogP contribution < -0.4 is 9.62 Å². The van der Waals surface area contributed by atoms with Crippen molar-refractivity contribution in [1.29, 1.82) is 0 Å². The van der Waals surface area contributed by atoms with Gasteiger partial charge in [-0.1, -0.05) is 61.0 Å². The fourth-order valence-corrected chi connectivity index (χ4v) is 5.62. The van der Waals surface area contributed by atoms with Crippen LogP contribution in [0.5, 0.6) is 0 Å². The number of aryl methyl sites for hydroxylation is 3. The van der Waals surface area contributed by atoms with Crippen LogP contribution in [-0.2, 0) is 26.2 Å². The zero-order valence-corrected chi connectivity index (χ0v) is 23.6. The fourth-order valence-electron chi connectivity index (χ4n) is 4.22. The lowest BCUT2D eigenvalue weighted by molar-refractivity contribution is -0.139. The highest BCUT2D eigenvalue weighted by molar-refractivity contribution is 7.92. The van der Waals surface area contributed by atoms with E-state index < -0.39 is 28.5 Å². The van der Waals surface area contributed by atoms with Crippen LogP contribution in [-0.4, -0.2) is 44.3 Å². The van der Waals surface area contributed by atoms with Crippen LogP contribution in [0.4, 0.5) is 5.69 Å². The Morgan fingerprint density at radius 1 is 0.868 bits per heavy atom. The monoisotopic (exact) mass is 535 g/mol. The number of nitrogens with one attached hydrogen (secondary N) is 1. The van der Waals surface area contributed by atoms with Crippen LogP contribution >= 0.6 is 0 Å². The van der Waals surface area contributed by atoms with Gasteiger partial charge < -0.3 is 10.2 Å². The van der Waals surface area contributed by atoms with Gasteiger partial charge in [0.1, 0.15) is 12.6 Å². The van der Waals surface area contributed by atoms with Gasteiger partial charge in [-0.3, -0.25) is 13.9 Å². The SMILES string of the molecule is CCCNC(=O)[C@@H](C)N(Cc1ccccc1)C(=O)CN(c1cc(C)cc(C)c1)S(=O)(=O)c1ccc(C)cc1. The van der Waals surface area contributed by atoms with Gasteiger partial charge in [0.2, 0.25) is 11.8 Å². The van der Waals surface area contributed by atoms with Crippen LogP contribution in [0, 0.1) is 20.8 Å². The molecule has 1 N–H and O–H groups in total. The van der Waals surface area contributed by atoms with E-state index in [-0.39, 0.29) is 17.3 Å². The van der Waals surface area contributed by atoms with E-state index in [4.69, 9.17) is 0 Å².